The highest BCUT2D eigenvalue weighted by molar-refractivity contribution is 5.72. The quantitative estimate of drug-likeness (QED) is 0.657. The van der Waals surface area contributed by atoms with Crippen LogP contribution in [-0.2, 0) is 14.3 Å². The standard InChI is InChI=1S/C9H18O4/c1-4-8(9(10)11)13-7(3)6-12-5-2/h7-8H,4-6H2,1-3H3,(H,10,11). The van der Waals surface area contributed by atoms with Gasteiger partial charge in [0.15, 0.2) is 6.10 Å². The van der Waals surface area contributed by atoms with Gasteiger partial charge in [0.2, 0.25) is 0 Å². The lowest BCUT2D eigenvalue weighted by Gasteiger charge is -2.17. The minimum Gasteiger partial charge on any atom is -0.479 e. The van der Waals surface area contributed by atoms with Crippen LogP contribution in [0.1, 0.15) is 27.2 Å². The molecule has 0 bridgehead atoms. The minimum absolute atomic E-state index is 0.166. The molecule has 1 N–H and O–H groups in total. The van der Waals surface area contributed by atoms with Gasteiger partial charge in [-0.3, -0.25) is 0 Å². The van der Waals surface area contributed by atoms with Crippen LogP contribution in [0.15, 0.2) is 0 Å². The summed E-state index contributed by atoms with van der Waals surface area (Å²) in [6.07, 6.45) is -0.400. The van der Waals surface area contributed by atoms with Gasteiger partial charge in [-0.05, 0) is 20.3 Å². The smallest absolute Gasteiger partial charge is 0.332 e. The molecule has 0 aliphatic rings. The van der Waals surface area contributed by atoms with Gasteiger partial charge in [0.25, 0.3) is 0 Å². The van der Waals surface area contributed by atoms with Gasteiger partial charge < -0.3 is 14.6 Å². The highest BCUT2D eigenvalue weighted by atomic mass is 16.5. The van der Waals surface area contributed by atoms with Crippen LogP contribution in [0, 0.1) is 0 Å². The van der Waals surface area contributed by atoms with Gasteiger partial charge in [0.05, 0.1) is 12.7 Å². The van der Waals surface area contributed by atoms with Crippen LogP contribution in [0.25, 0.3) is 0 Å². The molecule has 0 radical (unpaired) electrons. The van der Waals surface area contributed by atoms with Crippen molar-refractivity contribution in [1.29, 1.82) is 0 Å². The van der Waals surface area contributed by atoms with Crippen LogP contribution in [-0.4, -0.2) is 36.5 Å². The molecule has 0 saturated carbocycles. The molecular weight excluding hydrogens is 172 g/mol. The zero-order valence-corrected chi connectivity index (χ0v) is 8.45. The van der Waals surface area contributed by atoms with E-state index >= 15 is 0 Å². The summed E-state index contributed by atoms with van der Waals surface area (Å²) < 4.78 is 10.3. The predicted molar refractivity (Wildman–Crippen MR) is 48.8 cm³/mol. The summed E-state index contributed by atoms with van der Waals surface area (Å²) in [5.74, 6) is -0.911. The topological polar surface area (TPSA) is 55.8 Å². The first-order valence-corrected chi connectivity index (χ1v) is 4.57. The molecule has 0 saturated heterocycles. The van der Waals surface area contributed by atoms with E-state index in [1.807, 2.05) is 6.92 Å². The lowest BCUT2D eigenvalue weighted by atomic mass is 10.3. The second kappa shape index (κ2) is 6.86. The predicted octanol–water partition coefficient (Wildman–Crippen LogP) is 1.29. The third kappa shape index (κ3) is 5.60. The number of aliphatic carboxylic acids is 1. The van der Waals surface area contributed by atoms with Gasteiger partial charge >= 0.3 is 5.97 Å². The first-order chi connectivity index (χ1) is 6.11. The maximum absolute atomic E-state index is 10.6. The summed E-state index contributed by atoms with van der Waals surface area (Å²) in [6, 6.07) is 0. The fourth-order valence-electron chi connectivity index (χ4n) is 0.933. The van der Waals surface area contributed by atoms with E-state index in [2.05, 4.69) is 0 Å². The van der Waals surface area contributed by atoms with Crippen molar-refractivity contribution < 1.29 is 19.4 Å². The maximum atomic E-state index is 10.6. The fourth-order valence-corrected chi connectivity index (χ4v) is 0.933. The fraction of sp³-hybridized carbons (Fsp3) is 0.889. The highest BCUT2D eigenvalue weighted by Crippen LogP contribution is 2.03. The zero-order chi connectivity index (χ0) is 10.3. The van der Waals surface area contributed by atoms with Crippen molar-refractivity contribution >= 4 is 5.97 Å². The minimum atomic E-state index is -0.911. The van der Waals surface area contributed by atoms with Crippen LogP contribution in [0.5, 0.6) is 0 Å². The van der Waals surface area contributed by atoms with Gasteiger partial charge in [-0.25, -0.2) is 4.79 Å². The summed E-state index contributed by atoms with van der Waals surface area (Å²) in [7, 11) is 0. The number of carboxylic acid groups (broad SMARTS) is 1. The van der Waals surface area contributed by atoms with Crippen molar-refractivity contribution in [2.24, 2.45) is 0 Å². The molecule has 0 heterocycles. The number of carboxylic acids is 1. The van der Waals surface area contributed by atoms with Gasteiger partial charge in [-0.15, -0.1) is 0 Å². The Labute approximate surface area is 78.8 Å². The van der Waals surface area contributed by atoms with Crippen LogP contribution < -0.4 is 0 Å². The van der Waals surface area contributed by atoms with E-state index in [4.69, 9.17) is 14.6 Å². The zero-order valence-electron chi connectivity index (χ0n) is 8.45. The van der Waals surface area contributed by atoms with Crippen molar-refractivity contribution in [3.8, 4) is 0 Å². The molecule has 4 nitrogen and oxygen atoms in total. The van der Waals surface area contributed by atoms with Crippen LogP contribution >= 0.6 is 0 Å². The molecule has 2 atom stereocenters. The second-order valence-corrected chi connectivity index (χ2v) is 2.84. The van der Waals surface area contributed by atoms with Gasteiger partial charge in [0.1, 0.15) is 0 Å². The molecule has 0 aromatic heterocycles. The first kappa shape index (κ1) is 12.4. The molecule has 13 heavy (non-hydrogen) atoms. The summed E-state index contributed by atoms with van der Waals surface area (Å²) >= 11 is 0. The number of rotatable bonds is 7. The number of hydrogen-bond donors (Lipinski definition) is 1. The molecule has 0 spiro atoms. The Balaban J connectivity index is 3.73. The van der Waals surface area contributed by atoms with E-state index in [0.29, 0.717) is 19.6 Å². The molecule has 4 heteroatoms. The third-order valence-corrected chi connectivity index (χ3v) is 1.60. The number of carbonyl (C=O) groups is 1. The molecule has 2 unspecified atom stereocenters. The lowest BCUT2D eigenvalue weighted by Crippen LogP contribution is -2.29. The largest absolute Gasteiger partial charge is 0.479 e. The number of hydrogen-bond acceptors (Lipinski definition) is 3. The van der Waals surface area contributed by atoms with E-state index in [1.54, 1.807) is 13.8 Å². The Morgan fingerprint density at radius 3 is 2.46 bits per heavy atom. The van der Waals surface area contributed by atoms with Crippen molar-refractivity contribution in [2.75, 3.05) is 13.2 Å². The normalized spacial score (nSPS) is 15.3. The Bertz CT molecular complexity index is 147. The lowest BCUT2D eigenvalue weighted by molar-refractivity contribution is -0.156. The van der Waals surface area contributed by atoms with Crippen molar-refractivity contribution in [2.45, 2.75) is 39.4 Å². The van der Waals surface area contributed by atoms with E-state index in [-0.39, 0.29) is 6.10 Å². The van der Waals surface area contributed by atoms with E-state index in [9.17, 15) is 4.79 Å². The highest BCUT2D eigenvalue weighted by Gasteiger charge is 2.18. The van der Waals surface area contributed by atoms with Crippen molar-refractivity contribution in [3.63, 3.8) is 0 Å². The molecule has 0 aromatic rings. The molecule has 0 aliphatic heterocycles. The van der Waals surface area contributed by atoms with Crippen LogP contribution in [0.2, 0.25) is 0 Å². The summed E-state index contributed by atoms with van der Waals surface area (Å²) in [5, 5.41) is 8.68. The average molecular weight is 190 g/mol. The van der Waals surface area contributed by atoms with Gasteiger partial charge in [-0.2, -0.15) is 0 Å². The SMILES string of the molecule is CCOCC(C)OC(CC)C(=O)O. The van der Waals surface area contributed by atoms with Gasteiger partial charge in [-0.1, -0.05) is 6.92 Å². The molecule has 0 fully saturated rings. The molecule has 0 aliphatic carbocycles. The molecule has 0 aromatic carbocycles. The Morgan fingerprint density at radius 1 is 1.46 bits per heavy atom. The molecule has 78 valence electrons. The summed E-state index contributed by atoms with van der Waals surface area (Å²) in [6.45, 7) is 6.55. The first-order valence-electron chi connectivity index (χ1n) is 4.57. The maximum Gasteiger partial charge on any atom is 0.332 e. The molecular formula is C9H18O4. The molecule has 0 amide bonds. The van der Waals surface area contributed by atoms with Crippen molar-refractivity contribution in [1.82, 2.24) is 0 Å². The number of ether oxygens (including phenoxy) is 2. The van der Waals surface area contributed by atoms with E-state index in [0.717, 1.165) is 0 Å². The Hall–Kier alpha value is -0.610. The Kier molecular flexibility index (Phi) is 6.54. The van der Waals surface area contributed by atoms with E-state index in [1.165, 1.54) is 0 Å². The Morgan fingerprint density at radius 2 is 2.08 bits per heavy atom. The second-order valence-electron chi connectivity index (χ2n) is 2.84. The summed E-state index contributed by atoms with van der Waals surface area (Å²) in [5.41, 5.74) is 0. The van der Waals surface area contributed by atoms with Crippen LogP contribution in [0.4, 0.5) is 0 Å². The average Bonchev–Trinajstić information content (AvgIpc) is 2.10. The van der Waals surface area contributed by atoms with Gasteiger partial charge in [0, 0.05) is 6.61 Å². The van der Waals surface area contributed by atoms with E-state index < -0.39 is 12.1 Å². The molecule has 0 rings (SSSR count). The summed E-state index contributed by atoms with van der Waals surface area (Å²) in [4.78, 5) is 10.6. The third-order valence-electron chi connectivity index (χ3n) is 1.60. The van der Waals surface area contributed by atoms with Crippen molar-refractivity contribution in [3.05, 3.63) is 0 Å². The van der Waals surface area contributed by atoms with Crippen LogP contribution in [0.3, 0.4) is 0 Å². The monoisotopic (exact) mass is 190 g/mol.